The molecular formula is C16H12ClF3N4O4S. The van der Waals surface area contributed by atoms with Crippen LogP contribution < -0.4 is 20.7 Å². The largest absolute Gasteiger partial charge is 0.435 e. The van der Waals surface area contributed by atoms with Crippen molar-refractivity contribution in [2.24, 2.45) is 0 Å². The third-order valence-electron chi connectivity index (χ3n) is 3.99. The molecule has 2 aromatic carbocycles. The second-order valence-electron chi connectivity index (χ2n) is 5.97. The SMILES string of the molecule is Nc1ccc(S(=O)(=O)N[C@]2(C(F)(F)F)NC(=O)N(c3cccc(Cl)c3)C2=O)cc1. The van der Waals surface area contributed by atoms with E-state index in [1.54, 1.807) is 0 Å². The average molecular weight is 449 g/mol. The fraction of sp³-hybridized carbons (Fsp3) is 0.125. The molecule has 8 nitrogen and oxygen atoms in total. The van der Waals surface area contributed by atoms with Crippen molar-refractivity contribution in [2.45, 2.75) is 16.7 Å². The minimum atomic E-state index is -5.51. The summed E-state index contributed by atoms with van der Waals surface area (Å²) in [7, 11) is -4.89. The predicted molar refractivity (Wildman–Crippen MR) is 97.4 cm³/mol. The second-order valence-corrected chi connectivity index (χ2v) is 8.09. The number of carbonyl (C=O) groups excluding carboxylic acids is 2. The highest BCUT2D eigenvalue weighted by Gasteiger charge is 2.69. The van der Waals surface area contributed by atoms with Crippen molar-refractivity contribution >= 4 is 44.9 Å². The van der Waals surface area contributed by atoms with Crippen LogP contribution >= 0.6 is 11.6 Å². The number of nitrogens with zero attached hydrogens (tertiary/aromatic N) is 1. The molecule has 1 heterocycles. The molecule has 3 rings (SSSR count). The van der Waals surface area contributed by atoms with E-state index in [0.29, 0.717) is 0 Å². The first-order valence-electron chi connectivity index (χ1n) is 7.76. The molecule has 4 N–H and O–H groups in total. The number of urea groups is 1. The quantitative estimate of drug-likeness (QED) is 0.489. The van der Waals surface area contributed by atoms with Gasteiger partial charge in [0, 0.05) is 10.7 Å². The topological polar surface area (TPSA) is 122 Å². The van der Waals surface area contributed by atoms with E-state index in [2.05, 4.69) is 0 Å². The van der Waals surface area contributed by atoms with Crippen molar-refractivity contribution < 1.29 is 31.2 Å². The van der Waals surface area contributed by atoms with Crippen LogP contribution in [-0.2, 0) is 14.8 Å². The van der Waals surface area contributed by atoms with Gasteiger partial charge in [-0.15, -0.1) is 0 Å². The number of nitrogens with one attached hydrogen (secondary N) is 2. The van der Waals surface area contributed by atoms with Gasteiger partial charge in [0.05, 0.1) is 10.6 Å². The molecule has 1 fully saturated rings. The maximum absolute atomic E-state index is 13.9. The monoisotopic (exact) mass is 448 g/mol. The van der Waals surface area contributed by atoms with Crippen molar-refractivity contribution in [1.29, 1.82) is 0 Å². The van der Waals surface area contributed by atoms with Gasteiger partial charge >= 0.3 is 12.2 Å². The summed E-state index contributed by atoms with van der Waals surface area (Å²) in [6.07, 6.45) is -5.51. The lowest BCUT2D eigenvalue weighted by Crippen LogP contribution is -2.69. The van der Waals surface area contributed by atoms with Crippen LogP contribution in [0.1, 0.15) is 0 Å². The van der Waals surface area contributed by atoms with Gasteiger partial charge in [-0.2, -0.15) is 17.9 Å². The number of sulfonamides is 1. The van der Waals surface area contributed by atoms with Crippen LogP contribution in [0.15, 0.2) is 53.4 Å². The highest BCUT2D eigenvalue weighted by atomic mass is 35.5. The Labute approximate surface area is 167 Å². The van der Waals surface area contributed by atoms with E-state index < -0.39 is 38.7 Å². The number of nitrogens with two attached hydrogens (primary N) is 1. The van der Waals surface area contributed by atoms with Gasteiger partial charge in [-0.3, -0.25) is 4.79 Å². The Balaban J connectivity index is 2.08. The zero-order valence-corrected chi connectivity index (χ0v) is 15.8. The van der Waals surface area contributed by atoms with Crippen LogP contribution in [0.4, 0.5) is 29.3 Å². The molecule has 0 aromatic heterocycles. The van der Waals surface area contributed by atoms with Crippen molar-refractivity contribution in [3.05, 3.63) is 53.6 Å². The van der Waals surface area contributed by atoms with E-state index in [4.69, 9.17) is 17.3 Å². The summed E-state index contributed by atoms with van der Waals surface area (Å²) in [6, 6.07) is 7.69. The molecule has 154 valence electrons. The standard InChI is InChI=1S/C16H12ClF3N4O4S/c17-9-2-1-3-11(8-9)24-13(25)15(16(18,19)20,22-14(24)26)23-29(27,28)12-6-4-10(21)5-7-12/h1-8,23H,21H2,(H,22,26)/t15-/m1/s1. The first kappa shape index (κ1) is 20.9. The Kier molecular flexibility index (Phi) is 4.97. The molecule has 0 saturated carbocycles. The highest BCUT2D eigenvalue weighted by Crippen LogP contribution is 2.37. The first-order chi connectivity index (χ1) is 13.4. The summed E-state index contributed by atoms with van der Waals surface area (Å²) in [6.45, 7) is 0. The normalized spacial score (nSPS) is 20.1. The lowest BCUT2D eigenvalue weighted by atomic mass is 10.1. The van der Waals surface area contributed by atoms with Gasteiger partial charge in [0.25, 0.3) is 11.6 Å². The molecule has 3 amide bonds. The van der Waals surface area contributed by atoms with E-state index in [-0.39, 0.29) is 21.3 Å². The smallest absolute Gasteiger partial charge is 0.399 e. The number of alkyl halides is 3. The van der Waals surface area contributed by atoms with E-state index >= 15 is 0 Å². The van der Waals surface area contributed by atoms with Gasteiger partial charge in [0.2, 0.25) is 10.0 Å². The molecule has 0 unspecified atom stereocenters. The van der Waals surface area contributed by atoms with Crippen LogP contribution in [0.3, 0.4) is 0 Å². The summed E-state index contributed by atoms with van der Waals surface area (Å²) < 4.78 is 67.9. The molecule has 1 saturated heterocycles. The zero-order valence-electron chi connectivity index (χ0n) is 14.2. The molecule has 13 heteroatoms. The van der Waals surface area contributed by atoms with Crippen LogP contribution in [0.25, 0.3) is 0 Å². The summed E-state index contributed by atoms with van der Waals surface area (Å²) in [4.78, 5) is 24.5. The van der Waals surface area contributed by atoms with Crippen LogP contribution in [0, 0.1) is 0 Å². The summed E-state index contributed by atoms with van der Waals surface area (Å²) in [5.74, 6) is -1.88. The van der Waals surface area contributed by atoms with Gasteiger partial charge in [0.15, 0.2) is 0 Å². The second kappa shape index (κ2) is 6.90. The van der Waals surface area contributed by atoms with E-state index in [9.17, 15) is 31.2 Å². The lowest BCUT2D eigenvalue weighted by molar-refractivity contribution is -0.194. The number of anilines is 2. The number of rotatable bonds is 4. The number of imide groups is 1. The minimum Gasteiger partial charge on any atom is -0.399 e. The summed E-state index contributed by atoms with van der Waals surface area (Å²) in [5, 5.41) is 1.47. The molecule has 1 aliphatic rings. The molecular weight excluding hydrogens is 437 g/mol. The number of carbonyl (C=O) groups is 2. The van der Waals surface area contributed by atoms with Gasteiger partial charge in [-0.1, -0.05) is 17.7 Å². The average Bonchev–Trinajstić information content (AvgIpc) is 2.85. The summed E-state index contributed by atoms with van der Waals surface area (Å²) >= 11 is 5.77. The lowest BCUT2D eigenvalue weighted by Gasteiger charge is -2.29. The van der Waals surface area contributed by atoms with Gasteiger partial charge in [0.1, 0.15) is 0 Å². The van der Waals surface area contributed by atoms with Crippen LogP contribution in [0.5, 0.6) is 0 Å². The van der Waals surface area contributed by atoms with Gasteiger partial charge in [-0.25, -0.2) is 18.1 Å². The van der Waals surface area contributed by atoms with E-state index in [0.717, 1.165) is 30.3 Å². The van der Waals surface area contributed by atoms with Crippen LogP contribution in [-0.4, -0.2) is 32.2 Å². The number of amides is 3. The number of nitrogen functional groups attached to an aromatic ring is 1. The van der Waals surface area contributed by atoms with Crippen molar-refractivity contribution in [1.82, 2.24) is 10.0 Å². The molecule has 0 bridgehead atoms. The fourth-order valence-electron chi connectivity index (χ4n) is 2.61. The Morgan fingerprint density at radius 2 is 1.72 bits per heavy atom. The molecule has 2 aromatic rings. The summed E-state index contributed by atoms with van der Waals surface area (Å²) in [5.41, 5.74) is 1.44. The molecule has 1 atom stereocenters. The Bertz CT molecular complexity index is 1090. The highest BCUT2D eigenvalue weighted by molar-refractivity contribution is 7.89. The Morgan fingerprint density at radius 1 is 1.10 bits per heavy atom. The molecule has 1 aliphatic heterocycles. The van der Waals surface area contributed by atoms with Crippen LogP contribution in [0.2, 0.25) is 5.02 Å². The maximum Gasteiger partial charge on any atom is 0.435 e. The third-order valence-corrected chi connectivity index (χ3v) is 5.69. The number of hydrogen-bond acceptors (Lipinski definition) is 5. The Hall–Kier alpha value is -2.83. The molecule has 0 spiro atoms. The number of halogens is 4. The predicted octanol–water partition coefficient (Wildman–Crippen LogP) is 2.22. The number of benzene rings is 2. The van der Waals surface area contributed by atoms with Crippen molar-refractivity contribution in [3.63, 3.8) is 0 Å². The van der Waals surface area contributed by atoms with Gasteiger partial charge < -0.3 is 11.1 Å². The zero-order chi connectivity index (χ0) is 21.6. The Morgan fingerprint density at radius 3 is 2.28 bits per heavy atom. The van der Waals surface area contributed by atoms with E-state index in [1.165, 1.54) is 28.2 Å². The first-order valence-corrected chi connectivity index (χ1v) is 9.62. The van der Waals surface area contributed by atoms with Crippen molar-refractivity contribution in [3.8, 4) is 0 Å². The molecule has 0 radical (unpaired) electrons. The fourth-order valence-corrected chi connectivity index (χ4v) is 4.06. The third kappa shape index (κ3) is 3.61. The maximum atomic E-state index is 13.9. The minimum absolute atomic E-state index is 0.0510. The van der Waals surface area contributed by atoms with Gasteiger partial charge in [-0.05, 0) is 42.5 Å². The van der Waals surface area contributed by atoms with Crippen molar-refractivity contribution in [2.75, 3.05) is 10.6 Å². The van der Waals surface area contributed by atoms with E-state index in [1.807, 2.05) is 0 Å². The molecule has 29 heavy (non-hydrogen) atoms. The number of hydrogen-bond donors (Lipinski definition) is 3. The molecule has 0 aliphatic carbocycles.